The number of rotatable bonds is 3. The van der Waals surface area contributed by atoms with Gasteiger partial charge in [0.05, 0.1) is 6.54 Å². The molecule has 130 valence electrons. The maximum Gasteiger partial charge on any atom is 0.226 e. The molecule has 2 aromatic rings. The Morgan fingerprint density at radius 2 is 1.83 bits per heavy atom. The van der Waals surface area contributed by atoms with E-state index in [1.165, 1.54) is 31.2 Å². The van der Waals surface area contributed by atoms with E-state index in [0.29, 0.717) is 18.4 Å². The second-order valence-corrected chi connectivity index (χ2v) is 6.09. The van der Waals surface area contributed by atoms with Crippen LogP contribution in [0.2, 0.25) is 0 Å². The van der Waals surface area contributed by atoms with Gasteiger partial charge in [0.25, 0.3) is 0 Å². The molecule has 1 aliphatic rings. The summed E-state index contributed by atoms with van der Waals surface area (Å²) in [6, 6.07) is 8.13. The second kappa shape index (κ2) is 9.05. The molecule has 0 radical (unpaired) electrons. The third-order valence-electron chi connectivity index (χ3n) is 4.18. The summed E-state index contributed by atoms with van der Waals surface area (Å²) in [5, 5.41) is 0. The van der Waals surface area contributed by atoms with Crippen molar-refractivity contribution in [3.05, 3.63) is 41.8 Å². The van der Waals surface area contributed by atoms with E-state index in [-0.39, 0.29) is 24.0 Å². The van der Waals surface area contributed by atoms with Crippen LogP contribution in [0.5, 0.6) is 0 Å². The lowest BCUT2D eigenvalue weighted by Gasteiger charge is -2.20. The topological polar surface area (TPSA) is 67.7 Å². The smallest absolute Gasteiger partial charge is 0.226 e. The molecule has 24 heavy (non-hydrogen) atoms. The van der Waals surface area contributed by atoms with E-state index in [9.17, 15) is 0 Å². The molecule has 1 saturated heterocycles. The quantitative estimate of drug-likeness (QED) is 0.446. The van der Waals surface area contributed by atoms with Crippen molar-refractivity contribution in [1.82, 2.24) is 9.88 Å². The molecule has 0 spiro atoms. The SMILES string of the molecule is Cc1ccc(-c2nc(CN=C(N)N3CCCCCC3)co2)cc1.I. The average molecular weight is 440 g/mol. The van der Waals surface area contributed by atoms with Gasteiger partial charge >= 0.3 is 0 Å². The Hall–Kier alpha value is -1.57. The average Bonchev–Trinajstić information content (AvgIpc) is 2.86. The number of aliphatic imine (C=N–C) groups is 1. The lowest BCUT2D eigenvalue weighted by Crippen LogP contribution is -2.38. The second-order valence-electron chi connectivity index (χ2n) is 6.09. The van der Waals surface area contributed by atoms with Gasteiger partial charge in [-0.05, 0) is 31.9 Å². The maximum absolute atomic E-state index is 6.12. The highest BCUT2D eigenvalue weighted by atomic mass is 127. The van der Waals surface area contributed by atoms with Crippen molar-refractivity contribution < 1.29 is 4.42 Å². The minimum atomic E-state index is 0. The molecule has 0 bridgehead atoms. The van der Waals surface area contributed by atoms with Crippen LogP contribution in [-0.2, 0) is 6.54 Å². The van der Waals surface area contributed by atoms with Gasteiger partial charge in [-0.3, -0.25) is 0 Å². The van der Waals surface area contributed by atoms with Crippen LogP contribution in [-0.4, -0.2) is 28.9 Å². The van der Waals surface area contributed by atoms with Crippen molar-refractivity contribution in [2.45, 2.75) is 39.2 Å². The zero-order valence-electron chi connectivity index (χ0n) is 14.1. The maximum atomic E-state index is 6.12. The van der Waals surface area contributed by atoms with Gasteiger partial charge in [-0.2, -0.15) is 0 Å². The number of nitrogens with zero attached hydrogens (tertiary/aromatic N) is 3. The number of aryl methyl sites for hydroxylation is 1. The van der Waals surface area contributed by atoms with Gasteiger partial charge in [0.15, 0.2) is 5.96 Å². The van der Waals surface area contributed by atoms with Crippen molar-refractivity contribution in [1.29, 1.82) is 0 Å². The van der Waals surface area contributed by atoms with E-state index in [4.69, 9.17) is 10.2 Å². The predicted molar refractivity (Wildman–Crippen MR) is 107 cm³/mol. The molecule has 6 heteroatoms. The Kier molecular flexibility index (Phi) is 7.08. The lowest BCUT2D eigenvalue weighted by atomic mass is 10.1. The number of guanidine groups is 1. The zero-order valence-corrected chi connectivity index (χ0v) is 16.4. The summed E-state index contributed by atoms with van der Waals surface area (Å²) in [6.07, 6.45) is 6.61. The Balaban J connectivity index is 0.00000208. The van der Waals surface area contributed by atoms with Crippen molar-refractivity contribution in [3.8, 4) is 11.5 Å². The largest absolute Gasteiger partial charge is 0.444 e. The first-order chi connectivity index (χ1) is 11.2. The molecule has 1 fully saturated rings. The Bertz CT molecular complexity index is 658. The molecular formula is C18H25IN4O. The number of hydrogen-bond acceptors (Lipinski definition) is 3. The molecule has 2 heterocycles. The van der Waals surface area contributed by atoms with Crippen molar-refractivity contribution >= 4 is 29.9 Å². The van der Waals surface area contributed by atoms with E-state index in [0.717, 1.165) is 24.3 Å². The summed E-state index contributed by atoms with van der Waals surface area (Å²) in [5.41, 5.74) is 9.12. The van der Waals surface area contributed by atoms with Crippen LogP contribution < -0.4 is 5.73 Å². The molecule has 0 saturated carbocycles. The molecule has 0 aliphatic carbocycles. The Morgan fingerprint density at radius 3 is 2.50 bits per heavy atom. The molecule has 0 amide bonds. The van der Waals surface area contributed by atoms with E-state index in [1.54, 1.807) is 6.26 Å². The molecule has 0 atom stereocenters. The van der Waals surface area contributed by atoms with E-state index >= 15 is 0 Å². The van der Waals surface area contributed by atoms with E-state index in [1.807, 2.05) is 12.1 Å². The van der Waals surface area contributed by atoms with Gasteiger partial charge in [0.1, 0.15) is 12.0 Å². The summed E-state index contributed by atoms with van der Waals surface area (Å²) in [5.74, 6) is 1.25. The normalized spacial score (nSPS) is 15.7. The molecular weight excluding hydrogens is 415 g/mol. The summed E-state index contributed by atoms with van der Waals surface area (Å²) >= 11 is 0. The standard InChI is InChI=1S/C18H24N4O.HI/c1-14-6-8-15(9-7-14)17-21-16(13-23-17)12-20-18(19)22-10-4-2-3-5-11-22;/h6-9,13H,2-5,10-12H2,1H3,(H2,19,20);1H. The van der Waals surface area contributed by atoms with Crippen molar-refractivity contribution in [2.75, 3.05) is 13.1 Å². The summed E-state index contributed by atoms with van der Waals surface area (Å²) in [4.78, 5) is 11.2. The Morgan fingerprint density at radius 1 is 1.17 bits per heavy atom. The first kappa shape index (κ1) is 18.8. The third kappa shape index (κ3) is 4.96. The van der Waals surface area contributed by atoms with Crippen molar-refractivity contribution in [2.24, 2.45) is 10.7 Å². The monoisotopic (exact) mass is 440 g/mol. The molecule has 3 rings (SSSR count). The van der Waals surface area contributed by atoms with Crippen LogP contribution in [0.1, 0.15) is 36.9 Å². The fourth-order valence-corrected chi connectivity index (χ4v) is 2.77. The minimum absolute atomic E-state index is 0. The third-order valence-corrected chi connectivity index (χ3v) is 4.18. The fourth-order valence-electron chi connectivity index (χ4n) is 2.77. The summed E-state index contributed by atoms with van der Waals surface area (Å²) in [6.45, 7) is 4.52. The molecule has 1 aromatic carbocycles. The fraction of sp³-hybridized carbons (Fsp3) is 0.444. The van der Waals surface area contributed by atoms with Crippen LogP contribution in [0.25, 0.3) is 11.5 Å². The van der Waals surface area contributed by atoms with Crippen LogP contribution in [0.4, 0.5) is 0 Å². The van der Waals surface area contributed by atoms with Gasteiger partial charge in [-0.25, -0.2) is 9.98 Å². The Labute approximate surface area is 160 Å². The first-order valence-corrected chi connectivity index (χ1v) is 8.29. The molecule has 5 nitrogen and oxygen atoms in total. The summed E-state index contributed by atoms with van der Waals surface area (Å²) in [7, 11) is 0. The number of halogens is 1. The van der Waals surface area contributed by atoms with Gasteiger partial charge in [-0.15, -0.1) is 24.0 Å². The highest BCUT2D eigenvalue weighted by Crippen LogP contribution is 2.19. The lowest BCUT2D eigenvalue weighted by molar-refractivity contribution is 0.428. The highest BCUT2D eigenvalue weighted by Gasteiger charge is 2.11. The number of nitrogens with two attached hydrogens (primary N) is 1. The molecule has 1 aromatic heterocycles. The summed E-state index contributed by atoms with van der Waals surface area (Å²) < 4.78 is 5.55. The van der Waals surface area contributed by atoms with Gasteiger partial charge in [0, 0.05) is 18.7 Å². The van der Waals surface area contributed by atoms with Gasteiger partial charge < -0.3 is 15.1 Å². The van der Waals surface area contributed by atoms with Crippen LogP contribution in [0.15, 0.2) is 39.9 Å². The number of benzene rings is 1. The number of aromatic nitrogens is 1. The van der Waals surface area contributed by atoms with Gasteiger partial charge in [0.2, 0.25) is 5.89 Å². The molecule has 0 unspecified atom stereocenters. The number of oxazole rings is 1. The van der Waals surface area contributed by atoms with Crippen molar-refractivity contribution in [3.63, 3.8) is 0 Å². The van der Waals surface area contributed by atoms with E-state index in [2.05, 4.69) is 33.9 Å². The number of likely N-dealkylation sites (tertiary alicyclic amines) is 1. The van der Waals surface area contributed by atoms with Crippen LogP contribution >= 0.6 is 24.0 Å². The first-order valence-electron chi connectivity index (χ1n) is 8.29. The van der Waals surface area contributed by atoms with Gasteiger partial charge in [-0.1, -0.05) is 30.5 Å². The van der Waals surface area contributed by atoms with E-state index < -0.39 is 0 Å². The van der Waals surface area contributed by atoms with Crippen LogP contribution in [0, 0.1) is 6.92 Å². The number of hydrogen-bond donors (Lipinski definition) is 1. The molecule has 2 N–H and O–H groups in total. The predicted octanol–water partition coefficient (Wildman–Crippen LogP) is 3.96. The van der Waals surface area contributed by atoms with Crippen LogP contribution in [0.3, 0.4) is 0 Å². The highest BCUT2D eigenvalue weighted by molar-refractivity contribution is 14.0. The molecule has 1 aliphatic heterocycles. The zero-order chi connectivity index (χ0) is 16.1. The minimum Gasteiger partial charge on any atom is -0.444 e.